The molecule has 0 aliphatic rings. The van der Waals surface area contributed by atoms with Gasteiger partial charge in [0.05, 0.1) is 5.60 Å². The SMILES string of the molecule is CCN=C(C)C(C)(O)CC.[Eu]. The molecule has 0 saturated heterocycles. The molecule has 1 atom stereocenters. The molecule has 1 N–H and O–H groups in total. The Morgan fingerprint density at radius 1 is 1.45 bits per heavy atom. The van der Waals surface area contributed by atoms with E-state index in [-0.39, 0.29) is 49.4 Å². The first-order chi connectivity index (χ1) is 4.54. The van der Waals surface area contributed by atoms with Gasteiger partial charge in [-0.3, -0.25) is 4.99 Å². The fraction of sp³-hybridized carbons (Fsp3) is 0.875. The van der Waals surface area contributed by atoms with Gasteiger partial charge in [-0.05, 0) is 27.2 Å². The summed E-state index contributed by atoms with van der Waals surface area (Å²) in [5.74, 6) is 0. The first kappa shape index (κ1) is 14.7. The predicted octanol–water partition coefficient (Wildman–Crippen LogP) is 1.63. The van der Waals surface area contributed by atoms with Gasteiger partial charge >= 0.3 is 0 Å². The van der Waals surface area contributed by atoms with Gasteiger partial charge in [0, 0.05) is 61.6 Å². The van der Waals surface area contributed by atoms with E-state index < -0.39 is 5.60 Å². The Labute approximate surface area is 110 Å². The molecule has 0 rings (SSSR count). The third kappa shape index (κ3) is 5.45. The van der Waals surface area contributed by atoms with Gasteiger partial charge in [0.1, 0.15) is 0 Å². The molecule has 0 aromatic rings. The fourth-order valence-electron chi connectivity index (χ4n) is 0.663. The molecule has 11 heavy (non-hydrogen) atoms. The summed E-state index contributed by atoms with van der Waals surface area (Å²) >= 11 is 0. The molecular formula is C8H17EuNO. The summed E-state index contributed by atoms with van der Waals surface area (Å²) < 4.78 is 0. The summed E-state index contributed by atoms with van der Waals surface area (Å²) in [5, 5.41) is 9.59. The second-order valence-electron chi connectivity index (χ2n) is 2.69. The Balaban J connectivity index is 0. The van der Waals surface area contributed by atoms with Crippen LogP contribution in [0.1, 0.15) is 34.1 Å². The minimum atomic E-state index is -0.698. The Morgan fingerprint density at radius 3 is 2.18 bits per heavy atom. The Bertz CT molecular complexity index is 132. The van der Waals surface area contributed by atoms with E-state index >= 15 is 0 Å². The van der Waals surface area contributed by atoms with Crippen molar-refractivity contribution in [1.82, 2.24) is 0 Å². The molecule has 0 spiro atoms. The molecule has 0 aliphatic heterocycles. The van der Waals surface area contributed by atoms with Crippen molar-refractivity contribution >= 4 is 5.71 Å². The molecule has 0 amide bonds. The van der Waals surface area contributed by atoms with Crippen LogP contribution in [0.25, 0.3) is 0 Å². The van der Waals surface area contributed by atoms with Gasteiger partial charge < -0.3 is 5.11 Å². The first-order valence-corrected chi connectivity index (χ1v) is 3.78. The standard InChI is InChI=1S/C8H17NO.Eu/c1-5-8(4,10)7(3)9-6-2;/h10H,5-6H2,1-4H3;. The van der Waals surface area contributed by atoms with Gasteiger partial charge in [-0.25, -0.2) is 0 Å². The normalized spacial score (nSPS) is 17.0. The van der Waals surface area contributed by atoms with Crippen molar-refractivity contribution in [3.8, 4) is 0 Å². The molecule has 1 radical (unpaired) electrons. The molecule has 2 nitrogen and oxygen atoms in total. The van der Waals surface area contributed by atoms with Crippen molar-refractivity contribution in [2.24, 2.45) is 4.99 Å². The van der Waals surface area contributed by atoms with Crippen molar-refractivity contribution in [1.29, 1.82) is 0 Å². The van der Waals surface area contributed by atoms with E-state index in [1.54, 1.807) is 6.92 Å². The van der Waals surface area contributed by atoms with Crippen LogP contribution in [0.15, 0.2) is 4.99 Å². The summed E-state index contributed by atoms with van der Waals surface area (Å²) in [5.41, 5.74) is 0.133. The summed E-state index contributed by atoms with van der Waals surface area (Å²) in [6.07, 6.45) is 0.725. The number of aliphatic hydroxyl groups is 1. The van der Waals surface area contributed by atoms with Crippen LogP contribution < -0.4 is 0 Å². The van der Waals surface area contributed by atoms with Gasteiger partial charge in [-0.2, -0.15) is 0 Å². The molecule has 0 aliphatic carbocycles. The van der Waals surface area contributed by atoms with E-state index in [1.165, 1.54) is 0 Å². The molecule has 0 heterocycles. The molecule has 0 aromatic heterocycles. The quantitative estimate of drug-likeness (QED) is 0.789. The van der Waals surface area contributed by atoms with Crippen molar-refractivity contribution in [2.75, 3.05) is 6.54 Å². The second-order valence-corrected chi connectivity index (χ2v) is 2.69. The number of aliphatic imine (C=N–C) groups is 1. The smallest absolute Gasteiger partial charge is 0.0988 e. The Hall–Kier alpha value is 1.21. The van der Waals surface area contributed by atoms with Gasteiger partial charge in [0.2, 0.25) is 0 Å². The maximum atomic E-state index is 9.59. The van der Waals surface area contributed by atoms with Crippen LogP contribution >= 0.6 is 0 Å². The molecule has 67 valence electrons. The summed E-state index contributed by atoms with van der Waals surface area (Å²) in [7, 11) is 0. The maximum Gasteiger partial charge on any atom is 0.0988 e. The summed E-state index contributed by atoms with van der Waals surface area (Å²) in [6, 6.07) is 0. The predicted molar refractivity (Wildman–Crippen MR) is 44.6 cm³/mol. The van der Waals surface area contributed by atoms with Gasteiger partial charge in [0.15, 0.2) is 0 Å². The zero-order valence-corrected chi connectivity index (χ0v) is 10.1. The monoisotopic (exact) mass is 296 g/mol. The van der Waals surface area contributed by atoms with E-state index in [0.29, 0.717) is 0 Å². The summed E-state index contributed by atoms with van der Waals surface area (Å²) in [4.78, 5) is 4.13. The van der Waals surface area contributed by atoms with E-state index in [0.717, 1.165) is 18.7 Å². The average molecular weight is 295 g/mol. The van der Waals surface area contributed by atoms with Crippen LogP contribution in [0, 0.1) is 49.4 Å². The van der Waals surface area contributed by atoms with Crippen LogP contribution in [0.2, 0.25) is 0 Å². The number of hydrogen-bond acceptors (Lipinski definition) is 2. The van der Waals surface area contributed by atoms with E-state index in [2.05, 4.69) is 4.99 Å². The molecule has 3 heteroatoms. The molecule has 0 fully saturated rings. The second kappa shape index (κ2) is 6.70. The molecule has 0 saturated carbocycles. The minimum absolute atomic E-state index is 0. The summed E-state index contributed by atoms with van der Waals surface area (Å²) in [6.45, 7) is 8.33. The average Bonchev–Trinajstić information content (AvgIpc) is 1.89. The minimum Gasteiger partial charge on any atom is -0.384 e. The third-order valence-corrected chi connectivity index (χ3v) is 1.86. The maximum absolute atomic E-state index is 9.59. The zero-order chi connectivity index (χ0) is 8.20. The Kier molecular flexibility index (Phi) is 8.97. The van der Waals surface area contributed by atoms with Gasteiger partial charge in [-0.15, -0.1) is 0 Å². The number of hydrogen-bond donors (Lipinski definition) is 1. The van der Waals surface area contributed by atoms with Crippen LogP contribution in [-0.4, -0.2) is 23.0 Å². The van der Waals surface area contributed by atoms with Crippen molar-refractivity contribution in [3.63, 3.8) is 0 Å². The number of rotatable bonds is 3. The van der Waals surface area contributed by atoms with Gasteiger partial charge in [-0.1, -0.05) is 6.92 Å². The van der Waals surface area contributed by atoms with Crippen LogP contribution in [0.4, 0.5) is 0 Å². The molecule has 0 aromatic carbocycles. The first-order valence-electron chi connectivity index (χ1n) is 3.78. The van der Waals surface area contributed by atoms with E-state index in [1.807, 2.05) is 20.8 Å². The Morgan fingerprint density at radius 2 is 1.91 bits per heavy atom. The van der Waals surface area contributed by atoms with Crippen LogP contribution in [0.5, 0.6) is 0 Å². The van der Waals surface area contributed by atoms with E-state index in [9.17, 15) is 5.11 Å². The van der Waals surface area contributed by atoms with Crippen LogP contribution in [-0.2, 0) is 0 Å². The molecular weight excluding hydrogens is 278 g/mol. The largest absolute Gasteiger partial charge is 0.384 e. The van der Waals surface area contributed by atoms with Crippen molar-refractivity contribution < 1.29 is 54.5 Å². The molecule has 1 unspecified atom stereocenters. The van der Waals surface area contributed by atoms with E-state index in [4.69, 9.17) is 0 Å². The van der Waals surface area contributed by atoms with Crippen molar-refractivity contribution in [3.05, 3.63) is 0 Å². The zero-order valence-electron chi connectivity index (χ0n) is 7.69. The fourth-order valence-corrected chi connectivity index (χ4v) is 0.663. The van der Waals surface area contributed by atoms with Crippen molar-refractivity contribution in [2.45, 2.75) is 39.7 Å². The topological polar surface area (TPSA) is 32.6 Å². The van der Waals surface area contributed by atoms with Gasteiger partial charge in [0.25, 0.3) is 0 Å². The number of nitrogens with zero attached hydrogens (tertiary/aromatic N) is 1. The third-order valence-electron chi connectivity index (χ3n) is 1.86. The molecule has 0 bridgehead atoms. The van der Waals surface area contributed by atoms with Crippen LogP contribution in [0.3, 0.4) is 0 Å².